The summed E-state index contributed by atoms with van der Waals surface area (Å²) in [6, 6.07) is 94.6. The van der Waals surface area contributed by atoms with Crippen LogP contribution in [0.4, 0.5) is 0 Å². The third-order valence-electron chi connectivity index (χ3n) is 15.8. The summed E-state index contributed by atoms with van der Waals surface area (Å²) in [5.74, 6) is 0.733. The number of hydrogen-bond acceptors (Lipinski definition) is 2. The summed E-state index contributed by atoms with van der Waals surface area (Å²) < 4.78 is 7.27. The second-order valence-corrected chi connectivity index (χ2v) is 20.3. The number of aromatic nitrogens is 5. The van der Waals surface area contributed by atoms with E-state index in [1.54, 1.807) is 0 Å². The van der Waals surface area contributed by atoms with Gasteiger partial charge in [0, 0.05) is 66.1 Å². The van der Waals surface area contributed by atoms with Crippen LogP contribution in [0, 0.1) is 13.8 Å². The fourth-order valence-electron chi connectivity index (χ4n) is 12.0. The van der Waals surface area contributed by atoms with Crippen molar-refractivity contribution in [2.24, 2.45) is 0 Å². The summed E-state index contributed by atoms with van der Waals surface area (Å²) in [5, 5.41) is 7.41. The van der Waals surface area contributed by atoms with Gasteiger partial charge < -0.3 is 13.7 Å². The molecule has 4 aromatic heterocycles. The molecule has 77 heavy (non-hydrogen) atoms. The van der Waals surface area contributed by atoms with E-state index in [4.69, 9.17) is 9.97 Å². The van der Waals surface area contributed by atoms with Gasteiger partial charge in [-0.15, -0.1) is 0 Å². The number of aryl methyl sites for hydroxylation is 2. The number of benzene rings is 11. The average molecular weight is 984 g/mol. The minimum atomic E-state index is 0.733. The molecule has 0 unspecified atom stereocenters. The molecule has 0 saturated heterocycles. The van der Waals surface area contributed by atoms with Gasteiger partial charge in [-0.3, -0.25) is 0 Å². The van der Waals surface area contributed by atoms with Crippen LogP contribution >= 0.6 is 0 Å². The van der Waals surface area contributed by atoms with Crippen molar-refractivity contribution in [3.63, 3.8) is 0 Å². The first-order valence-electron chi connectivity index (χ1n) is 26.4. The van der Waals surface area contributed by atoms with Crippen LogP contribution in [0.25, 0.3) is 139 Å². The van der Waals surface area contributed by atoms with Gasteiger partial charge in [-0.25, -0.2) is 9.97 Å². The Balaban J connectivity index is 0.788. The molecule has 5 heteroatoms. The molecule has 0 fully saturated rings. The van der Waals surface area contributed by atoms with Crippen LogP contribution in [0.3, 0.4) is 0 Å². The smallest absolute Gasteiger partial charge is 0.160 e. The number of hydrogen-bond donors (Lipinski definition) is 0. The third kappa shape index (κ3) is 7.31. The van der Waals surface area contributed by atoms with E-state index < -0.39 is 0 Å². The van der Waals surface area contributed by atoms with Crippen LogP contribution in [-0.2, 0) is 0 Å². The normalized spacial score (nSPS) is 11.8. The SMILES string of the molecule is Cc1ccccc1-c1cc(-c2ccc(-c3ccc(-c4ccc(-n5c6ccc(-n7c8ccccc8c8ccccc87)cc6c6cc(-n7c8ccccc8c8ccccc87)ccc65)cc4)cc3)cc2)nc(-c2ccccc2C)n1. The largest absolute Gasteiger partial charge is 0.309 e. The van der Waals surface area contributed by atoms with Crippen molar-refractivity contribution in [1.29, 1.82) is 0 Å². The molecule has 362 valence electrons. The van der Waals surface area contributed by atoms with Crippen molar-refractivity contribution in [1.82, 2.24) is 23.7 Å². The van der Waals surface area contributed by atoms with Crippen LogP contribution in [0.1, 0.15) is 11.1 Å². The molecule has 15 rings (SSSR count). The molecular formula is C72H49N5. The number of rotatable bonds is 8. The molecule has 0 aliphatic heterocycles. The zero-order valence-electron chi connectivity index (χ0n) is 42.6. The van der Waals surface area contributed by atoms with Crippen molar-refractivity contribution in [2.45, 2.75) is 13.8 Å². The van der Waals surface area contributed by atoms with Crippen LogP contribution in [0.5, 0.6) is 0 Å². The number of fused-ring (bicyclic) bond motifs is 9. The van der Waals surface area contributed by atoms with Crippen molar-refractivity contribution in [2.75, 3.05) is 0 Å². The monoisotopic (exact) mass is 983 g/mol. The molecule has 0 aliphatic carbocycles. The summed E-state index contributed by atoms with van der Waals surface area (Å²) in [7, 11) is 0. The minimum Gasteiger partial charge on any atom is -0.309 e. The van der Waals surface area contributed by atoms with Gasteiger partial charge in [-0.1, -0.05) is 182 Å². The van der Waals surface area contributed by atoms with Crippen molar-refractivity contribution in [3.05, 3.63) is 272 Å². The maximum atomic E-state index is 5.14. The lowest BCUT2D eigenvalue weighted by Crippen LogP contribution is -1.98. The molecular weight excluding hydrogens is 935 g/mol. The van der Waals surface area contributed by atoms with Crippen molar-refractivity contribution in [3.8, 4) is 73.2 Å². The molecule has 0 bridgehead atoms. The fourth-order valence-corrected chi connectivity index (χ4v) is 12.0. The van der Waals surface area contributed by atoms with Crippen LogP contribution < -0.4 is 0 Å². The Morgan fingerprint density at radius 2 is 0.571 bits per heavy atom. The van der Waals surface area contributed by atoms with E-state index >= 15 is 0 Å². The van der Waals surface area contributed by atoms with Crippen molar-refractivity contribution < 1.29 is 0 Å². The van der Waals surface area contributed by atoms with Gasteiger partial charge >= 0.3 is 0 Å². The maximum absolute atomic E-state index is 5.14. The Labute approximate surface area is 445 Å². The highest BCUT2D eigenvalue weighted by Crippen LogP contribution is 2.40. The minimum absolute atomic E-state index is 0.733. The second-order valence-electron chi connectivity index (χ2n) is 20.3. The van der Waals surface area contributed by atoms with E-state index in [1.165, 1.54) is 65.5 Å². The summed E-state index contributed by atoms with van der Waals surface area (Å²) in [4.78, 5) is 10.2. The predicted molar refractivity (Wildman–Crippen MR) is 322 cm³/mol. The van der Waals surface area contributed by atoms with Crippen molar-refractivity contribution >= 4 is 65.4 Å². The topological polar surface area (TPSA) is 40.6 Å². The summed E-state index contributed by atoms with van der Waals surface area (Å²) in [5.41, 5.74) is 22.5. The third-order valence-corrected chi connectivity index (χ3v) is 15.8. The Morgan fingerprint density at radius 3 is 1.01 bits per heavy atom. The maximum Gasteiger partial charge on any atom is 0.160 e. The Bertz CT molecular complexity index is 4460. The van der Waals surface area contributed by atoms with E-state index in [0.717, 1.165) is 84.3 Å². The standard InChI is InChI=1S/C72H49N5/c1-46-15-3-5-17-56(46)65-45-64(73-72(74-65)57-18-6-4-16-47(57)2)52-33-31-50(32-34-52)48-27-29-49(30-28-48)51-35-37-53(38-36-51)75-70-41-39-54(76-66-23-11-7-19-58(66)59-20-8-12-24-67(59)76)43-62(70)63-44-55(40-42-71(63)75)77-68-25-13-9-21-60(68)61-22-10-14-26-69(61)77/h3-45H,1-2H3. The van der Waals surface area contributed by atoms with Gasteiger partial charge in [0.05, 0.1) is 44.5 Å². The average Bonchev–Trinajstić information content (AvgIpc) is 4.19. The van der Waals surface area contributed by atoms with Crippen LogP contribution in [-0.4, -0.2) is 23.7 Å². The molecule has 0 N–H and O–H groups in total. The number of nitrogens with zero attached hydrogens (tertiary/aromatic N) is 5. The molecule has 0 atom stereocenters. The Morgan fingerprint density at radius 1 is 0.247 bits per heavy atom. The van der Waals surface area contributed by atoms with E-state index in [0.29, 0.717) is 0 Å². The zero-order valence-corrected chi connectivity index (χ0v) is 42.6. The lowest BCUT2D eigenvalue weighted by Gasteiger charge is -2.12. The van der Waals surface area contributed by atoms with E-state index in [-0.39, 0.29) is 0 Å². The van der Waals surface area contributed by atoms with Gasteiger partial charge in [-0.2, -0.15) is 0 Å². The Kier molecular flexibility index (Phi) is 10.3. The molecule has 0 spiro atoms. The van der Waals surface area contributed by atoms with Gasteiger partial charge in [0.25, 0.3) is 0 Å². The molecule has 4 heterocycles. The lowest BCUT2D eigenvalue weighted by molar-refractivity contribution is 1.16. The quantitative estimate of drug-likeness (QED) is 0.152. The Hall–Kier alpha value is -10.1. The van der Waals surface area contributed by atoms with Gasteiger partial charge in [-0.05, 0) is 126 Å². The first-order chi connectivity index (χ1) is 38.0. The molecule has 15 aromatic rings. The highest BCUT2D eigenvalue weighted by atomic mass is 15.0. The molecule has 0 aliphatic rings. The van der Waals surface area contributed by atoms with E-state index in [9.17, 15) is 0 Å². The van der Waals surface area contributed by atoms with Crippen LogP contribution in [0.2, 0.25) is 0 Å². The van der Waals surface area contributed by atoms with Gasteiger partial charge in [0.1, 0.15) is 0 Å². The number of para-hydroxylation sites is 4. The summed E-state index contributed by atoms with van der Waals surface area (Å²) >= 11 is 0. The predicted octanol–water partition coefficient (Wildman–Crippen LogP) is 18.7. The first kappa shape index (κ1) is 44.4. The molecule has 0 saturated carbocycles. The summed E-state index contributed by atoms with van der Waals surface area (Å²) in [6.07, 6.45) is 0. The molecule has 11 aromatic carbocycles. The molecule has 0 amide bonds. The van der Waals surface area contributed by atoms with Gasteiger partial charge in [0.15, 0.2) is 5.82 Å². The molecule has 5 nitrogen and oxygen atoms in total. The lowest BCUT2D eigenvalue weighted by atomic mass is 9.98. The van der Waals surface area contributed by atoms with E-state index in [1.807, 2.05) is 0 Å². The van der Waals surface area contributed by atoms with Gasteiger partial charge in [0.2, 0.25) is 0 Å². The first-order valence-corrected chi connectivity index (χ1v) is 26.4. The van der Waals surface area contributed by atoms with E-state index in [2.05, 4.69) is 288 Å². The highest BCUT2D eigenvalue weighted by molar-refractivity contribution is 6.14. The zero-order chi connectivity index (χ0) is 51.1. The second kappa shape index (κ2) is 17.8. The summed E-state index contributed by atoms with van der Waals surface area (Å²) in [6.45, 7) is 4.25. The van der Waals surface area contributed by atoms with Crippen LogP contribution in [0.15, 0.2) is 261 Å². The highest BCUT2D eigenvalue weighted by Gasteiger charge is 2.20. The fraction of sp³-hybridized carbons (Fsp3) is 0.0278. The molecule has 0 radical (unpaired) electrons.